The summed E-state index contributed by atoms with van der Waals surface area (Å²) in [6.45, 7) is 7.10. The summed E-state index contributed by atoms with van der Waals surface area (Å²) in [7, 11) is 4.44. The van der Waals surface area contributed by atoms with Crippen molar-refractivity contribution in [3.8, 4) is 0 Å². The second-order valence-electron chi connectivity index (χ2n) is 9.28. The Hall–Kier alpha value is -2.05. The molecule has 0 bridgehead atoms. The van der Waals surface area contributed by atoms with Crippen LogP contribution in [0.15, 0.2) is 24.4 Å². The van der Waals surface area contributed by atoms with Gasteiger partial charge in [-0.25, -0.2) is 9.97 Å². The van der Waals surface area contributed by atoms with Crippen molar-refractivity contribution in [2.45, 2.75) is 45.2 Å². The molecule has 2 fully saturated rings. The molecule has 1 atom stereocenters. The molecule has 3 aliphatic rings. The molecule has 1 unspecified atom stereocenters. The molecule has 2 aromatic heterocycles. The van der Waals surface area contributed by atoms with Gasteiger partial charge in [0, 0.05) is 45.0 Å². The number of piperazine rings is 1. The lowest BCUT2D eigenvalue weighted by Crippen LogP contribution is -2.45. The summed E-state index contributed by atoms with van der Waals surface area (Å²) in [5.41, 5.74) is 4.27. The number of anilines is 1. The maximum Gasteiger partial charge on any atom is 0.132 e. The number of hydrogen-bond acceptors (Lipinski definition) is 6. The number of fused-ring (bicyclic) bond motifs is 1. The molecule has 0 radical (unpaired) electrons. The van der Waals surface area contributed by atoms with Crippen molar-refractivity contribution in [3.05, 3.63) is 47.2 Å². The highest BCUT2D eigenvalue weighted by molar-refractivity contribution is 5.40. The molecule has 3 heterocycles. The molecular weight excluding hydrogens is 360 g/mol. The minimum atomic E-state index is 0.398. The van der Waals surface area contributed by atoms with E-state index in [1.807, 2.05) is 13.1 Å². The van der Waals surface area contributed by atoms with Gasteiger partial charge >= 0.3 is 0 Å². The molecule has 2 aromatic rings. The van der Waals surface area contributed by atoms with Crippen LogP contribution in [0.4, 0.5) is 5.82 Å². The first-order chi connectivity index (χ1) is 14.0. The standard InChI is InChI=1S/C23H32N6/c1-17-25-19(15-20(26-17)29-13-11-27(2)12-14-29)16-28(3)22-21-18(5-4-10-24-21)6-7-23(22)8-9-23/h4-5,10,15,22H,6-9,11-14,16H2,1-3H3. The summed E-state index contributed by atoms with van der Waals surface area (Å²) in [5.74, 6) is 1.95. The molecular formula is C23H32N6. The predicted molar refractivity (Wildman–Crippen MR) is 115 cm³/mol. The minimum absolute atomic E-state index is 0.398. The van der Waals surface area contributed by atoms with Gasteiger partial charge in [0.15, 0.2) is 0 Å². The zero-order chi connectivity index (χ0) is 20.0. The Morgan fingerprint density at radius 1 is 1.14 bits per heavy atom. The van der Waals surface area contributed by atoms with Gasteiger partial charge in [-0.2, -0.15) is 0 Å². The minimum Gasteiger partial charge on any atom is -0.354 e. The van der Waals surface area contributed by atoms with Gasteiger partial charge in [0.1, 0.15) is 11.6 Å². The number of hydrogen-bond donors (Lipinski definition) is 0. The predicted octanol–water partition coefficient (Wildman–Crippen LogP) is 2.83. The highest BCUT2D eigenvalue weighted by atomic mass is 15.3. The van der Waals surface area contributed by atoms with Crippen molar-refractivity contribution in [2.75, 3.05) is 45.2 Å². The Labute approximate surface area is 174 Å². The first kappa shape index (κ1) is 18.9. The molecule has 29 heavy (non-hydrogen) atoms. The summed E-state index contributed by atoms with van der Waals surface area (Å²) in [6, 6.07) is 6.95. The third kappa shape index (κ3) is 3.64. The highest BCUT2D eigenvalue weighted by Gasteiger charge is 2.54. The van der Waals surface area contributed by atoms with Gasteiger partial charge in [0.05, 0.1) is 17.4 Å². The van der Waals surface area contributed by atoms with Gasteiger partial charge in [-0.05, 0) is 63.7 Å². The lowest BCUT2D eigenvalue weighted by Gasteiger charge is -2.39. The van der Waals surface area contributed by atoms with Crippen LogP contribution >= 0.6 is 0 Å². The average Bonchev–Trinajstić information content (AvgIpc) is 3.47. The SMILES string of the molecule is Cc1nc(CN(C)C2c3ncccc3CCC23CC3)cc(N2CCN(C)CC2)n1. The molecule has 1 aliphatic heterocycles. The summed E-state index contributed by atoms with van der Waals surface area (Å²) in [4.78, 5) is 21.6. The number of rotatable bonds is 4. The number of aryl methyl sites for hydroxylation is 2. The Morgan fingerprint density at radius 2 is 1.93 bits per heavy atom. The zero-order valence-electron chi connectivity index (χ0n) is 17.9. The smallest absolute Gasteiger partial charge is 0.132 e. The van der Waals surface area contributed by atoms with Crippen LogP contribution in [0.3, 0.4) is 0 Å². The van der Waals surface area contributed by atoms with Crippen LogP contribution in [0.25, 0.3) is 0 Å². The lowest BCUT2D eigenvalue weighted by molar-refractivity contribution is 0.129. The van der Waals surface area contributed by atoms with Crippen LogP contribution in [-0.2, 0) is 13.0 Å². The van der Waals surface area contributed by atoms with Crippen molar-refractivity contribution in [1.29, 1.82) is 0 Å². The highest BCUT2D eigenvalue weighted by Crippen LogP contribution is 2.62. The number of nitrogens with zero attached hydrogens (tertiary/aromatic N) is 6. The van der Waals surface area contributed by atoms with Gasteiger partial charge in [-0.3, -0.25) is 9.88 Å². The van der Waals surface area contributed by atoms with E-state index in [-0.39, 0.29) is 0 Å². The van der Waals surface area contributed by atoms with E-state index in [1.54, 1.807) is 0 Å². The Bertz CT molecular complexity index is 885. The molecule has 1 saturated heterocycles. The summed E-state index contributed by atoms with van der Waals surface area (Å²) in [5, 5.41) is 0. The van der Waals surface area contributed by atoms with Crippen LogP contribution in [0, 0.1) is 12.3 Å². The van der Waals surface area contributed by atoms with E-state index in [0.29, 0.717) is 11.5 Å². The monoisotopic (exact) mass is 392 g/mol. The second kappa shape index (κ2) is 7.33. The number of pyridine rings is 1. The first-order valence-electron chi connectivity index (χ1n) is 11.0. The quantitative estimate of drug-likeness (QED) is 0.797. The van der Waals surface area contributed by atoms with Crippen LogP contribution in [0.5, 0.6) is 0 Å². The molecule has 154 valence electrons. The first-order valence-corrected chi connectivity index (χ1v) is 11.0. The molecule has 0 N–H and O–H groups in total. The third-order valence-corrected chi connectivity index (χ3v) is 7.11. The van der Waals surface area contributed by atoms with Crippen LogP contribution < -0.4 is 4.90 Å². The second-order valence-corrected chi connectivity index (χ2v) is 9.28. The van der Waals surface area contributed by atoms with E-state index in [4.69, 9.17) is 15.0 Å². The van der Waals surface area contributed by atoms with Crippen molar-refractivity contribution in [1.82, 2.24) is 24.8 Å². The molecule has 6 nitrogen and oxygen atoms in total. The van der Waals surface area contributed by atoms with Gasteiger partial charge in [0.2, 0.25) is 0 Å². The average molecular weight is 393 g/mol. The van der Waals surface area contributed by atoms with Crippen LogP contribution in [-0.4, -0.2) is 65.0 Å². The van der Waals surface area contributed by atoms with Crippen molar-refractivity contribution in [3.63, 3.8) is 0 Å². The Balaban J connectivity index is 1.39. The lowest BCUT2D eigenvalue weighted by atomic mass is 9.79. The molecule has 0 aromatic carbocycles. The Kier molecular flexibility index (Phi) is 4.79. The van der Waals surface area contributed by atoms with Gasteiger partial charge in [-0.15, -0.1) is 0 Å². The van der Waals surface area contributed by atoms with E-state index < -0.39 is 0 Å². The fourth-order valence-electron chi connectivity index (χ4n) is 5.32. The van der Waals surface area contributed by atoms with E-state index in [9.17, 15) is 0 Å². The van der Waals surface area contributed by atoms with E-state index in [0.717, 1.165) is 50.1 Å². The maximum absolute atomic E-state index is 4.83. The maximum atomic E-state index is 4.83. The summed E-state index contributed by atoms with van der Waals surface area (Å²) in [6.07, 6.45) is 7.08. The third-order valence-electron chi connectivity index (χ3n) is 7.11. The molecule has 0 amide bonds. The largest absolute Gasteiger partial charge is 0.354 e. The van der Waals surface area contributed by atoms with Gasteiger partial charge in [-0.1, -0.05) is 6.07 Å². The normalized spacial score (nSPS) is 23.4. The van der Waals surface area contributed by atoms with Crippen LogP contribution in [0.1, 0.15) is 48.1 Å². The van der Waals surface area contributed by atoms with Crippen molar-refractivity contribution >= 4 is 5.82 Å². The van der Waals surface area contributed by atoms with E-state index in [2.05, 4.69) is 47.0 Å². The fourth-order valence-corrected chi connectivity index (χ4v) is 5.32. The Morgan fingerprint density at radius 3 is 2.69 bits per heavy atom. The zero-order valence-corrected chi connectivity index (χ0v) is 17.9. The summed E-state index contributed by atoms with van der Waals surface area (Å²) >= 11 is 0. The van der Waals surface area contributed by atoms with Crippen LogP contribution in [0.2, 0.25) is 0 Å². The van der Waals surface area contributed by atoms with Crippen molar-refractivity contribution in [2.24, 2.45) is 5.41 Å². The molecule has 5 rings (SSSR count). The molecule has 2 aliphatic carbocycles. The topological polar surface area (TPSA) is 48.4 Å². The van der Waals surface area contributed by atoms with E-state index in [1.165, 1.54) is 36.9 Å². The fraction of sp³-hybridized carbons (Fsp3) is 0.609. The molecule has 1 saturated carbocycles. The number of likely N-dealkylation sites (N-methyl/N-ethyl adjacent to an activating group) is 1. The van der Waals surface area contributed by atoms with Crippen molar-refractivity contribution < 1.29 is 0 Å². The van der Waals surface area contributed by atoms with Gasteiger partial charge < -0.3 is 9.80 Å². The van der Waals surface area contributed by atoms with E-state index >= 15 is 0 Å². The molecule has 6 heteroatoms. The van der Waals surface area contributed by atoms with Gasteiger partial charge in [0.25, 0.3) is 0 Å². The number of aromatic nitrogens is 3. The molecule has 1 spiro atoms. The summed E-state index contributed by atoms with van der Waals surface area (Å²) < 4.78 is 0.